The van der Waals surface area contributed by atoms with E-state index in [1.165, 1.54) is 28.8 Å². The molecule has 0 unspecified atom stereocenters. The number of hydrogen-bond donors (Lipinski definition) is 1. The molecule has 35 heavy (non-hydrogen) atoms. The molecular weight excluding hydrogens is 487 g/mol. The number of amidine groups is 2. The van der Waals surface area contributed by atoms with Crippen LogP contribution in [-0.2, 0) is 21.9 Å². The topological polar surface area (TPSA) is 74.1 Å². The molecule has 0 aromatic heterocycles. The fourth-order valence-electron chi connectivity index (χ4n) is 3.86. The summed E-state index contributed by atoms with van der Waals surface area (Å²) in [6, 6.07) is 20.1. The Morgan fingerprint density at radius 1 is 1.06 bits per heavy atom. The van der Waals surface area contributed by atoms with Gasteiger partial charge in [-0.25, -0.2) is 14.3 Å². The third kappa shape index (κ3) is 5.13. The number of aliphatic imine (C=N–C) groups is 2. The van der Waals surface area contributed by atoms with E-state index in [0.717, 1.165) is 22.4 Å². The van der Waals surface area contributed by atoms with Crippen molar-refractivity contribution in [3.63, 3.8) is 0 Å². The molecule has 6 nitrogen and oxygen atoms in total. The Kier molecular flexibility index (Phi) is 6.66. The van der Waals surface area contributed by atoms with Crippen molar-refractivity contribution in [1.29, 1.82) is 0 Å². The van der Waals surface area contributed by atoms with Crippen LogP contribution in [0.4, 0.5) is 10.1 Å². The minimum Gasteiger partial charge on any atom is -0.352 e. The molecule has 0 spiro atoms. The Balaban J connectivity index is 1.32. The smallest absolute Gasteiger partial charge is 0.259 e. The molecule has 2 amide bonds. The summed E-state index contributed by atoms with van der Waals surface area (Å²) in [4.78, 5) is 36.8. The Hall–Kier alpha value is -3.49. The highest BCUT2D eigenvalue weighted by atomic mass is 35.5. The summed E-state index contributed by atoms with van der Waals surface area (Å²) < 4.78 is 13.1. The number of rotatable bonds is 6. The predicted molar refractivity (Wildman–Crippen MR) is 136 cm³/mol. The zero-order valence-corrected chi connectivity index (χ0v) is 20.0. The third-order valence-electron chi connectivity index (χ3n) is 5.59. The van der Waals surface area contributed by atoms with E-state index in [2.05, 4.69) is 10.3 Å². The second-order valence-corrected chi connectivity index (χ2v) is 9.46. The van der Waals surface area contributed by atoms with Crippen LogP contribution < -0.4 is 5.32 Å². The van der Waals surface area contributed by atoms with Crippen LogP contribution in [0, 0.1) is 5.82 Å². The molecule has 3 aromatic rings. The summed E-state index contributed by atoms with van der Waals surface area (Å²) in [5.74, 6) is 0.140. The van der Waals surface area contributed by atoms with Crippen LogP contribution in [0.15, 0.2) is 82.8 Å². The number of hydrogen-bond acceptors (Lipinski definition) is 5. The van der Waals surface area contributed by atoms with Gasteiger partial charge in [0.25, 0.3) is 5.91 Å². The Morgan fingerprint density at radius 3 is 2.66 bits per heavy atom. The number of carbonyl (C=O) groups is 2. The largest absolute Gasteiger partial charge is 0.352 e. The summed E-state index contributed by atoms with van der Waals surface area (Å²) in [5, 5.41) is 3.94. The number of thioether (sulfide) groups is 1. The first-order valence-corrected chi connectivity index (χ1v) is 12.3. The molecule has 2 heterocycles. The number of carbonyl (C=O) groups excluding carboxylic acids is 2. The zero-order valence-electron chi connectivity index (χ0n) is 18.4. The number of halogens is 2. The van der Waals surface area contributed by atoms with Crippen LogP contribution in [0.3, 0.4) is 0 Å². The normalized spacial score (nSPS) is 16.3. The van der Waals surface area contributed by atoms with Crippen LogP contribution in [0.5, 0.6) is 0 Å². The standard InChI is InChI=1S/C26H20ClFN4O2S/c27-18-5-3-4-17(12-18)15-35-26-31-21-7-2-1-6-20(21)24-30-22(25(34)32(24)26)13-23(33)29-14-16-8-10-19(28)11-9-16/h1-12,22H,13-15H2,(H,29,33)/t22-/m0/s1. The van der Waals surface area contributed by atoms with Gasteiger partial charge < -0.3 is 5.32 Å². The van der Waals surface area contributed by atoms with Crippen molar-refractivity contribution in [2.24, 2.45) is 9.98 Å². The lowest BCUT2D eigenvalue weighted by atomic mass is 10.1. The van der Waals surface area contributed by atoms with E-state index < -0.39 is 6.04 Å². The van der Waals surface area contributed by atoms with Gasteiger partial charge in [-0.2, -0.15) is 0 Å². The van der Waals surface area contributed by atoms with Crippen molar-refractivity contribution in [1.82, 2.24) is 10.2 Å². The third-order valence-corrected chi connectivity index (χ3v) is 6.83. The number of para-hydroxylation sites is 1. The van der Waals surface area contributed by atoms with Gasteiger partial charge >= 0.3 is 0 Å². The summed E-state index contributed by atoms with van der Waals surface area (Å²) in [6.45, 7) is 0.241. The molecule has 1 N–H and O–H groups in total. The average molecular weight is 507 g/mol. The van der Waals surface area contributed by atoms with E-state index in [1.54, 1.807) is 12.1 Å². The van der Waals surface area contributed by atoms with Crippen molar-refractivity contribution >= 4 is 51.9 Å². The van der Waals surface area contributed by atoms with Crippen molar-refractivity contribution in [2.75, 3.05) is 0 Å². The molecule has 2 aliphatic rings. The van der Waals surface area contributed by atoms with Gasteiger partial charge in [0.1, 0.15) is 17.7 Å². The van der Waals surface area contributed by atoms with Gasteiger partial charge in [-0.15, -0.1) is 0 Å². The maximum absolute atomic E-state index is 13.3. The number of benzene rings is 3. The van der Waals surface area contributed by atoms with Gasteiger partial charge in [-0.3, -0.25) is 14.6 Å². The summed E-state index contributed by atoms with van der Waals surface area (Å²) in [6.07, 6.45) is -0.0889. The molecular formula is C26H20ClFN4O2S. The molecule has 0 aliphatic carbocycles. The van der Waals surface area contributed by atoms with Crippen LogP contribution >= 0.6 is 23.4 Å². The lowest BCUT2D eigenvalue weighted by Gasteiger charge is -2.25. The van der Waals surface area contributed by atoms with E-state index in [9.17, 15) is 14.0 Å². The van der Waals surface area contributed by atoms with Gasteiger partial charge in [-0.1, -0.05) is 59.8 Å². The molecule has 0 bridgehead atoms. The maximum atomic E-state index is 13.3. The summed E-state index contributed by atoms with van der Waals surface area (Å²) in [5.41, 5.74) is 3.25. The highest BCUT2D eigenvalue weighted by molar-refractivity contribution is 8.13. The van der Waals surface area contributed by atoms with Gasteiger partial charge in [0.15, 0.2) is 5.17 Å². The molecule has 176 valence electrons. The van der Waals surface area contributed by atoms with Crippen LogP contribution in [0.2, 0.25) is 5.02 Å². The van der Waals surface area contributed by atoms with E-state index in [4.69, 9.17) is 16.6 Å². The predicted octanol–water partition coefficient (Wildman–Crippen LogP) is 5.08. The number of amides is 2. The van der Waals surface area contributed by atoms with Crippen molar-refractivity contribution in [2.45, 2.75) is 24.8 Å². The minimum atomic E-state index is -0.846. The van der Waals surface area contributed by atoms with Crippen LogP contribution in [0.25, 0.3) is 0 Å². The second-order valence-electron chi connectivity index (χ2n) is 8.08. The lowest BCUT2D eigenvalue weighted by molar-refractivity contribution is -0.128. The van der Waals surface area contributed by atoms with Gasteiger partial charge in [0.05, 0.1) is 12.1 Å². The zero-order chi connectivity index (χ0) is 24.4. The first kappa shape index (κ1) is 23.3. The maximum Gasteiger partial charge on any atom is 0.259 e. The number of nitrogens with zero attached hydrogens (tertiary/aromatic N) is 3. The molecule has 0 fully saturated rings. The first-order chi connectivity index (χ1) is 17.0. The van der Waals surface area contributed by atoms with Gasteiger partial charge in [0, 0.05) is 22.9 Å². The molecule has 0 saturated carbocycles. The Bertz CT molecular complexity index is 1360. The minimum absolute atomic E-state index is 0.0889. The number of nitrogens with one attached hydrogen (secondary N) is 1. The Labute approximate surface area is 210 Å². The van der Waals surface area contributed by atoms with Crippen LogP contribution in [-0.4, -0.2) is 33.8 Å². The monoisotopic (exact) mass is 506 g/mol. The van der Waals surface area contributed by atoms with Gasteiger partial charge in [0.2, 0.25) is 5.91 Å². The molecule has 5 rings (SSSR count). The van der Waals surface area contributed by atoms with E-state index in [0.29, 0.717) is 21.8 Å². The van der Waals surface area contributed by atoms with E-state index in [1.807, 2.05) is 48.5 Å². The summed E-state index contributed by atoms with van der Waals surface area (Å²) in [7, 11) is 0. The highest BCUT2D eigenvalue weighted by Gasteiger charge is 2.42. The van der Waals surface area contributed by atoms with Crippen molar-refractivity contribution < 1.29 is 14.0 Å². The molecule has 0 radical (unpaired) electrons. The molecule has 3 aromatic carbocycles. The molecule has 2 aliphatic heterocycles. The first-order valence-electron chi connectivity index (χ1n) is 11.0. The fourth-order valence-corrected chi connectivity index (χ4v) is 5.01. The van der Waals surface area contributed by atoms with E-state index in [-0.39, 0.29) is 30.6 Å². The fraction of sp³-hybridized carbons (Fsp3) is 0.154. The van der Waals surface area contributed by atoms with E-state index >= 15 is 0 Å². The summed E-state index contributed by atoms with van der Waals surface area (Å²) >= 11 is 7.52. The van der Waals surface area contributed by atoms with Gasteiger partial charge in [-0.05, 0) is 47.5 Å². The lowest BCUT2D eigenvalue weighted by Crippen LogP contribution is -2.42. The SMILES string of the molecule is O=C(C[C@@H]1N=C2c3ccccc3N=C(SCc3cccc(Cl)c3)N2C1=O)NCc1ccc(F)cc1. The quantitative estimate of drug-likeness (QED) is 0.507. The van der Waals surface area contributed by atoms with Crippen LogP contribution in [0.1, 0.15) is 23.1 Å². The number of fused-ring (bicyclic) bond motifs is 3. The Morgan fingerprint density at radius 2 is 1.86 bits per heavy atom. The molecule has 9 heteroatoms. The molecule has 0 saturated heterocycles. The average Bonchev–Trinajstić information content (AvgIpc) is 3.18. The highest BCUT2D eigenvalue weighted by Crippen LogP contribution is 2.35. The van der Waals surface area contributed by atoms with Crippen molar-refractivity contribution in [3.05, 3.63) is 100 Å². The van der Waals surface area contributed by atoms with Crippen molar-refractivity contribution in [3.8, 4) is 0 Å². The molecule has 1 atom stereocenters. The second kappa shape index (κ2) is 10.0.